The molecule has 2 aromatic rings. The zero-order chi connectivity index (χ0) is 11.1. The lowest BCUT2D eigenvalue weighted by molar-refractivity contribution is 0.523. The third-order valence-electron chi connectivity index (χ3n) is 2.14. The van der Waals surface area contributed by atoms with E-state index < -0.39 is 10.0 Å². The highest BCUT2D eigenvalue weighted by atomic mass is 32.2. The zero-order valence-electron chi connectivity index (χ0n) is 8.47. The molecule has 0 bridgehead atoms. The average Bonchev–Trinajstić information content (AvgIpc) is 2.61. The SMILES string of the molecule is CN(C)S(=O)(=O)c1cc2ccccc2s1. The minimum Gasteiger partial charge on any atom is -0.206 e. The molecule has 0 unspecified atom stereocenters. The van der Waals surface area contributed by atoms with Crippen molar-refractivity contribution in [1.82, 2.24) is 4.31 Å². The van der Waals surface area contributed by atoms with Crippen LogP contribution >= 0.6 is 11.3 Å². The highest BCUT2D eigenvalue weighted by Gasteiger charge is 2.19. The first-order chi connectivity index (χ1) is 7.01. The number of rotatable bonds is 2. The highest BCUT2D eigenvalue weighted by molar-refractivity contribution is 7.91. The van der Waals surface area contributed by atoms with Crippen LogP contribution in [0.4, 0.5) is 0 Å². The van der Waals surface area contributed by atoms with E-state index in [4.69, 9.17) is 0 Å². The molecule has 0 aliphatic rings. The molecule has 0 radical (unpaired) electrons. The molecule has 0 aliphatic carbocycles. The quantitative estimate of drug-likeness (QED) is 0.808. The Bertz CT molecular complexity index is 551. The summed E-state index contributed by atoms with van der Waals surface area (Å²) in [5, 5.41) is 0.975. The van der Waals surface area contributed by atoms with Crippen molar-refractivity contribution in [3.63, 3.8) is 0 Å². The molecule has 1 aromatic heterocycles. The van der Waals surface area contributed by atoms with E-state index in [1.54, 1.807) is 20.2 Å². The van der Waals surface area contributed by atoms with Gasteiger partial charge in [-0.05, 0) is 17.5 Å². The first-order valence-electron chi connectivity index (χ1n) is 4.43. The second-order valence-electron chi connectivity index (χ2n) is 3.39. The molecule has 0 N–H and O–H groups in total. The van der Waals surface area contributed by atoms with Crippen molar-refractivity contribution in [2.75, 3.05) is 14.1 Å². The molecule has 5 heteroatoms. The number of thiophene rings is 1. The molecule has 0 amide bonds. The minimum absolute atomic E-state index is 0.397. The summed E-state index contributed by atoms with van der Waals surface area (Å²) in [6, 6.07) is 9.37. The normalized spacial score (nSPS) is 12.5. The van der Waals surface area contributed by atoms with E-state index in [1.807, 2.05) is 24.3 Å². The summed E-state index contributed by atoms with van der Waals surface area (Å²) in [7, 11) is -0.204. The van der Waals surface area contributed by atoms with E-state index in [2.05, 4.69) is 0 Å². The first kappa shape index (κ1) is 10.6. The van der Waals surface area contributed by atoms with Gasteiger partial charge in [0.1, 0.15) is 4.21 Å². The lowest BCUT2D eigenvalue weighted by Gasteiger charge is -2.07. The maximum Gasteiger partial charge on any atom is 0.252 e. The van der Waals surface area contributed by atoms with Crippen molar-refractivity contribution in [1.29, 1.82) is 0 Å². The zero-order valence-corrected chi connectivity index (χ0v) is 10.1. The molecule has 15 heavy (non-hydrogen) atoms. The molecule has 1 heterocycles. The van der Waals surface area contributed by atoms with Gasteiger partial charge in [-0.3, -0.25) is 0 Å². The largest absolute Gasteiger partial charge is 0.252 e. The van der Waals surface area contributed by atoms with E-state index in [1.165, 1.54) is 15.6 Å². The van der Waals surface area contributed by atoms with E-state index in [0.29, 0.717) is 4.21 Å². The molecular formula is C10H11NO2S2. The lowest BCUT2D eigenvalue weighted by atomic mass is 10.3. The van der Waals surface area contributed by atoms with Crippen LogP contribution in [-0.2, 0) is 10.0 Å². The number of hydrogen-bond donors (Lipinski definition) is 0. The minimum atomic E-state index is -3.29. The Morgan fingerprint density at radius 3 is 2.47 bits per heavy atom. The molecule has 0 saturated carbocycles. The van der Waals surface area contributed by atoms with Gasteiger partial charge in [0.25, 0.3) is 10.0 Å². The van der Waals surface area contributed by atoms with Crippen molar-refractivity contribution < 1.29 is 8.42 Å². The first-order valence-corrected chi connectivity index (χ1v) is 6.68. The third-order valence-corrected chi connectivity index (χ3v) is 5.52. The van der Waals surface area contributed by atoms with Gasteiger partial charge >= 0.3 is 0 Å². The topological polar surface area (TPSA) is 37.4 Å². The van der Waals surface area contributed by atoms with E-state index >= 15 is 0 Å². The lowest BCUT2D eigenvalue weighted by Crippen LogP contribution is -2.21. The molecular weight excluding hydrogens is 230 g/mol. The van der Waals surface area contributed by atoms with Gasteiger partial charge in [0, 0.05) is 18.8 Å². The summed E-state index contributed by atoms with van der Waals surface area (Å²) in [5.41, 5.74) is 0. The Hall–Kier alpha value is -0.910. The Morgan fingerprint density at radius 1 is 1.20 bits per heavy atom. The summed E-state index contributed by atoms with van der Waals surface area (Å²) >= 11 is 1.30. The molecule has 3 nitrogen and oxygen atoms in total. The smallest absolute Gasteiger partial charge is 0.206 e. The van der Waals surface area contributed by atoms with Gasteiger partial charge in [0.15, 0.2) is 0 Å². The molecule has 1 aromatic carbocycles. The standard InChI is InChI=1S/C10H11NO2S2/c1-11(2)15(12,13)10-7-8-5-3-4-6-9(8)14-10/h3-7H,1-2H3. The predicted molar refractivity (Wildman–Crippen MR) is 62.7 cm³/mol. The second kappa shape index (κ2) is 3.59. The molecule has 0 fully saturated rings. The Kier molecular flexibility index (Phi) is 2.54. The van der Waals surface area contributed by atoms with Gasteiger partial charge in [-0.2, -0.15) is 0 Å². The maximum absolute atomic E-state index is 11.8. The molecule has 0 atom stereocenters. The Morgan fingerprint density at radius 2 is 1.87 bits per heavy atom. The molecule has 0 spiro atoms. The number of hydrogen-bond acceptors (Lipinski definition) is 3. The third kappa shape index (κ3) is 1.78. The molecule has 2 rings (SSSR count). The van der Waals surface area contributed by atoms with E-state index in [-0.39, 0.29) is 0 Å². The van der Waals surface area contributed by atoms with Crippen molar-refractivity contribution in [2.45, 2.75) is 4.21 Å². The monoisotopic (exact) mass is 241 g/mol. The van der Waals surface area contributed by atoms with Gasteiger partial charge in [0.2, 0.25) is 0 Å². The van der Waals surface area contributed by atoms with Crippen molar-refractivity contribution >= 4 is 31.4 Å². The summed E-state index contributed by atoms with van der Waals surface area (Å²) in [4.78, 5) is 0. The fourth-order valence-corrected chi connectivity index (χ4v) is 3.83. The molecule has 0 aliphatic heterocycles. The van der Waals surface area contributed by atoms with Gasteiger partial charge in [-0.15, -0.1) is 11.3 Å². The van der Waals surface area contributed by atoms with Crippen molar-refractivity contribution in [2.24, 2.45) is 0 Å². The van der Waals surface area contributed by atoms with Gasteiger partial charge < -0.3 is 0 Å². The van der Waals surface area contributed by atoms with Gasteiger partial charge in [-0.25, -0.2) is 12.7 Å². The maximum atomic E-state index is 11.8. The van der Waals surface area contributed by atoms with Gasteiger partial charge in [-0.1, -0.05) is 18.2 Å². The predicted octanol–water partition coefficient (Wildman–Crippen LogP) is 2.15. The van der Waals surface area contributed by atoms with Crippen LogP contribution in [0.15, 0.2) is 34.5 Å². The molecule has 0 saturated heterocycles. The van der Waals surface area contributed by atoms with Crippen LogP contribution in [0.2, 0.25) is 0 Å². The Balaban J connectivity index is 2.64. The van der Waals surface area contributed by atoms with Crippen LogP contribution < -0.4 is 0 Å². The molecule has 80 valence electrons. The van der Waals surface area contributed by atoms with Crippen LogP contribution in [0, 0.1) is 0 Å². The summed E-state index contributed by atoms with van der Waals surface area (Å²) < 4.78 is 26.3. The highest BCUT2D eigenvalue weighted by Crippen LogP contribution is 2.29. The van der Waals surface area contributed by atoms with Crippen LogP contribution in [0.25, 0.3) is 10.1 Å². The number of sulfonamides is 1. The number of fused-ring (bicyclic) bond motifs is 1. The van der Waals surface area contributed by atoms with Crippen LogP contribution in [0.5, 0.6) is 0 Å². The van der Waals surface area contributed by atoms with E-state index in [0.717, 1.165) is 10.1 Å². The van der Waals surface area contributed by atoms with Crippen LogP contribution in [0.3, 0.4) is 0 Å². The van der Waals surface area contributed by atoms with Crippen molar-refractivity contribution in [3.05, 3.63) is 30.3 Å². The Labute approximate surface area is 93.0 Å². The average molecular weight is 241 g/mol. The fourth-order valence-electron chi connectivity index (χ4n) is 1.26. The summed E-state index contributed by atoms with van der Waals surface area (Å²) in [5.74, 6) is 0. The summed E-state index contributed by atoms with van der Waals surface area (Å²) in [6.07, 6.45) is 0. The van der Waals surface area contributed by atoms with Gasteiger partial charge in [0.05, 0.1) is 0 Å². The number of benzene rings is 1. The number of nitrogens with zero attached hydrogens (tertiary/aromatic N) is 1. The summed E-state index contributed by atoms with van der Waals surface area (Å²) in [6.45, 7) is 0. The fraction of sp³-hybridized carbons (Fsp3) is 0.200. The second-order valence-corrected chi connectivity index (χ2v) is 6.85. The van der Waals surface area contributed by atoms with E-state index in [9.17, 15) is 8.42 Å². The van der Waals surface area contributed by atoms with Crippen LogP contribution in [0.1, 0.15) is 0 Å². The van der Waals surface area contributed by atoms with Crippen molar-refractivity contribution in [3.8, 4) is 0 Å². The van der Waals surface area contributed by atoms with Crippen LogP contribution in [-0.4, -0.2) is 26.8 Å².